The molecule has 0 aliphatic carbocycles. The molecule has 0 saturated carbocycles. The highest BCUT2D eigenvalue weighted by Crippen LogP contribution is 2.28. The van der Waals surface area contributed by atoms with E-state index in [-0.39, 0.29) is 0 Å². The first-order chi connectivity index (χ1) is 14.0. The lowest BCUT2D eigenvalue weighted by Crippen LogP contribution is -2.44. The van der Waals surface area contributed by atoms with Gasteiger partial charge in [0.15, 0.2) is 0 Å². The standard InChI is InChI=1S/C23H30N2O3S/c1-18-5-3-7-23(13-18)29(26,27)25-11-4-6-19(16-25)15-24-12-10-20-14-22(28-2)9-8-21(20)17-24/h3,5,7-9,13-14,19H,4,6,10-12,15-17H2,1-2H3. The van der Waals surface area contributed by atoms with Gasteiger partial charge in [-0.25, -0.2) is 8.42 Å². The Kier molecular flexibility index (Phi) is 5.95. The number of fused-ring (bicyclic) bond motifs is 1. The van der Waals surface area contributed by atoms with Crippen molar-refractivity contribution in [2.75, 3.05) is 33.3 Å². The van der Waals surface area contributed by atoms with Gasteiger partial charge in [-0.05, 0) is 73.1 Å². The maximum Gasteiger partial charge on any atom is 0.243 e. The minimum atomic E-state index is -3.41. The molecule has 2 aromatic carbocycles. The van der Waals surface area contributed by atoms with Crippen LogP contribution >= 0.6 is 0 Å². The van der Waals surface area contributed by atoms with E-state index in [0.717, 1.165) is 50.2 Å². The Morgan fingerprint density at radius 2 is 1.97 bits per heavy atom. The van der Waals surface area contributed by atoms with Crippen LogP contribution in [-0.4, -0.2) is 50.9 Å². The van der Waals surface area contributed by atoms with E-state index in [0.29, 0.717) is 23.9 Å². The largest absolute Gasteiger partial charge is 0.497 e. The van der Waals surface area contributed by atoms with Gasteiger partial charge >= 0.3 is 0 Å². The van der Waals surface area contributed by atoms with E-state index in [1.54, 1.807) is 23.5 Å². The topological polar surface area (TPSA) is 49.9 Å². The second-order valence-electron chi connectivity index (χ2n) is 8.31. The third-order valence-corrected chi connectivity index (χ3v) is 7.99. The Bertz CT molecular complexity index is 974. The van der Waals surface area contributed by atoms with Crippen molar-refractivity contribution in [3.63, 3.8) is 0 Å². The molecule has 5 nitrogen and oxygen atoms in total. The smallest absolute Gasteiger partial charge is 0.243 e. The maximum absolute atomic E-state index is 13.1. The highest BCUT2D eigenvalue weighted by atomic mass is 32.2. The SMILES string of the molecule is COc1ccc2c(c1)CCN(CC1CCCN(S(=O)(=O)c3cccc(C)c3)C1)C2. The van der Waals surface area contributed by atoms with Crippen molar-refractivity contribution in [3.05, 3.63) is 59.2 Å². The molecule has 0 amide bonds. The zero-order chi connectivity index (χ0) is 20.4. The summed E-state index contributed by atoms with van der Waals surface area (Å²) in [5.74, 6) is 1.30. The van der Waals surface area contributed by atoms with Gasteiger partial charge in [-0.2, -0.15) is 4.31 Å². The highest BCUT2D eigenvalue weighted by molar-refractivity contribution is 7.89. The molecule has 1 fully saturated rings. The Balaban J connectivity index is 1.41. The molecular formula is C23H30N2O3S. The van der Waals surface area contributed by atoms with Gasteiger partial charge in [-0.3, -0.25) is 4.90 Å². The van der Waals surface area contributed by atoms with E-state index >= 15 is 0 Å². The fourth-order valence-electron chi connectivity index (χ4n) is 4.55. The summed E-state index contributed by atoms with van der Waals surface area (Å²) in [5.41, 5.74) is 3.70. The van der Waals surface area contributed by atoms with Gasteiger partial charge < -0.3 is 4.74 Å². The summed E-state index contributed by atoms with van der Waals surface area (Å²) in [5, 5.41) is 0. The van der Waals surface area contributed by atoms with Crippen LogP contribution in [0.4, 0.5) is 0 Å². The second kappa shape index (κ2) is 8.46. The lowest BCUT2D eigenvalue weighted by Gasteiger charge is -2.36. The van der Waals surface area contributed by atoms with Gasteiger partial charge in [-0.15, -0.1) is 0 Å². The van der Waals surface area contributed by atoms with Gasteiger partial charge in [0.2, 0.25) is 10.0 Å². The van der Waals surface area contributed by atoms with Crippen molar-refractivity contribution in [1.82, 2.24) is 9.21 Å². The van der Waals surface area contributed by atoms with Gasteiger partial charge in [-0.1, -0.05) is 18.2 Å². The van der Waals surface area contributed by atoms with Crippen LogP contribution in [0.5, 0.6) is 5.75 Å². The molecule has 2 aliphatic rings. The molecule has 1 saturated heterocycles. The Morgan fingerprint density at radius 3 is 2.76 bits per heavy atom. The summed E-state index contributed by atoms with van der Waals surface area (Å²) >= 11 is 0. The van der Waals surface area contributed by atoms with E-state index in [1.165, 1.54) is 11.1 Å². The Labute approximate surface area is 174 Å². The lowest BCUT2D eigenvalue weighted by molar-refractivity contribution is 0.167. The molecular weight excluding hydrogens is 384 g/mol. The van der Waals surface area contributed by atoms with Crippen LogP contribution in [-0.2, 0) is 23.0 Å². The van der Waals surface area contributed by atoms with Crippen molar-refractivity contribution in [1.29, 1.82) is 0 Å². The average molecular weight is 415 g/mol. The molecule has 0 radical (unpaired) electrons. The number of ether oxygens (including phenoxy) is 1. The van der Waals surface area contributed by atoms with Crippen molar-refractivity contribution in [3.8, 4) is 5.75 Å². The van der Waals surface area contributed by atoms with Crippen LogP contribution in [0.25, 0.3) is 0 Å². The number of sulfonamides is 1. The molecule has 2 aliphatic heterocycles. The number of piperidine rings is 1. The Hall–Kier alpha value is -1.89. The minimum absolute atomic E-state index is 0.378. The van der Waals surface area contributed by atoms with Crippen LogP contribution in [0.3, 0.4) is 0 Å². The summed E-state index contributed by atoms with van der Waals surface area (Å²) in [6.07, 6.45) is 3.04. The third kappa shape index (κ3) is 4.49. The zero-order valence-electron chi connectivity index (χ0n) is 17.3. The number of nitrogens with zero attached hydrogens (tertiary/aromatic N) is 2. The van der Waals surface area contributed by atoms with Crippen molar-refractivity contribution < 1.29 is 13.2 Å². The van der Waals surface area contributed by atoms with Crippen LogP contribution in [0.1, 0.15) is 29.5 Å². The van der Waals surface area contributed by atoms with E-state index in [9.17, 15) is 8.42 Å². The maximum atomic E-state index is 13.1. The summed E-state index contributed by atoms with van der Waals surface area (Å²) < 4.78 is 33.2. The van der Waals surface area contributed by atoms with Gasteiger partial charge in [0, 0.05) is 32.7 Å². The predicted molar refractivity (Wildman–Crippen MR) is 115 cm³/mol. The zero-order valence-corrected chi connectivity index (χ0v) is 18.1. The molecule has 1 atom stereocenters. The number of methoxy groups -OCH3 is 1. The first kappa shape index (κ1) is 20.4. The molecule has 2 aromatic rings. The van der Waals surface area contributed by atoms with E-state index in [2.05, 4.69) is 17.0 Å². The second-order valence-corrected chi connectivity index (χ2v) is 10.2. The Morgan fingerprint density at radius 1 is 1.10 bits per heavy atom. The number of hydrogen-bond donors (Lipinski definition) is 0. The summed E-state index contributed by atoms with van der Waals surface area (Å²) in [4.78, 5) is 2.89. The number of rotatable bonds is 5. The quantitative estimate of drug-likeness (QED) is 0.752. The summed E-state index contributed by atoms with van der Waals surface area (Å²) in [6.45, 7) is 6.06. The van der Waals surface area contributed by atoms with E-state index < -0.39 is 10.0 Å². The van der Waals surface area contributed by atoms with E-state index in [4.69, 9.17) is 4.74 Å². The van der Waals surface area contributed by atoms with Crippen LogP contribution in [0, 0.1) is 12.8 Å². The molecule has 0 aromatic heterocycles. The van der Waals surface area contributed by atoms with Gasteiger partial charge in [0.05, 0.1) is 12.0 Å². The average Bonchev–Trinajstić information content (AvgIpc) is 2.73. The minimum Gasteiger partial charge on any atom is -0.497 e. The summed E-state index contributed by atoms with van der Waals surface area (Å²) in [7, 11) is -1.71. The monoisotopic (exact) mass is 414 g/mol. The normalized spacial score (nSPS) is 21.0. The van der Waals surface area contributed by atoms with Crippen molar-refractivity contribution in [2.24, 2.45) is 5.92 Å². The first-order valence-corrected chi connectivity index (χ1v) is 11.8. The van der Waals surface area contributed by atoms with Gasteiger partial charge in [0.1, 0.15) is 5.75 Å². The molecule has 156 valence electrons. The van der Waals surface area contributed by atoms with Gasteiger partial charge in [0.25, 0.3) is 0 Å². The first-order valence-electron chi connectivity index (χ1n) is 10.4. The number of benzene rings is 2. The number of hydrogen-bond acceptors (Lipinski definition) is 4. The molecule has 29 heavy (non-hydrogen) atoms. The molecule has 2 heterocycles. The molecule has 1 unspecified atom stereocenters. The fraction of sp³-hybridized carbons (Fsp3) is 0.478. The summed E-state index contributed by atoms with van der Waals surface area (Å²) in [6, 6.07) is 13.6. The van der Waals surface area contributed by atoms with Crippen molar-refractivity contribution >= 4 is 10.0 Å². The van der Waals surface area contributed by atoms with Crippen molar-refractivity contribution in [2.45, 2.75) is 37.6 Å². The fourth-order valence-corrected chi connectivity index (χ4v) is 6.21. The number of aryl methyl sites for hydroxylation is 1. The molecule has 6 heteroatoms. The van der Waals surface area contributed by atoms with Crippen LogP contribution < -0.4 is 4.74 Å². The van der Waals surface area contributed by atoms with Crippen LogP contribution in [0.15, 0.2) is 47.4 Å². The highest BCUT2D eigenvalue weighted by Gasteiger charge is 2.31. The lowest BCUT2D eigenvalue weighted by atomic mass is 9.95. The molecule has 4 rings (SSSR count). The molecule has 0 bridgehead atoms. The van der Waals surface area contributed by atoms with Crippen LogP contribution in [0.2, 0.25) is 0 Å². The predicted octanol–water partition coefficient (Wildman–Crippen LogP) is 3.46. The molecule has 0 N–H and O–H groups in total. The molecule has 0 spiro atoms. The third-order valence-electron chi connectivity index (χ3n) is 6.13. The van der Waals surface area contributed by atoms with E-state index in [1.807, 2.05) is 25.1 Å².